The highest BCUT2D eigenvalue weighted by atomic mass is 15.5. The van der Waals surface area contributed by atoms with Gasteiger partial charge in [0.1, 0.15) is 0 Å². The molecule has 0 aromatic heterocycles. The van der Waals surface area contributed by atoms with Gasteiger partial charge in [-0.15, -0.1) is 0 Å². The summed E-state index contributed by atoms with van der Waals surface area (Å²) >= 11 is 0. The predicted molar refractivity (Wildman–Crippen MR) is 125 cm³/mol. The molecule has 166 valence electrons. The third-order valence-electron chi connectivity index (χ3n) is 7.31. The zero-order valence-electron chi connectivity index (χ0n) is 19.4. The normalized spacial score (nSPS) is 24.6. The number of hydrazine groups is 1. The first-order chi connectivity index (χ1) is 13.9. The maximum atomic E-state index is 4.07. The van der Waals surface area contributed by atoms with Crippen molar-refractivity contribution in [1.29, 1.82) is 0 Å². The zero-order chi connectivity index (χ0) is 19.7. The van der Waals surface area contributed by atoms with E-state index >= 15 is 0 Å². The Morgan fingerprint density at radius 1 is 0.500 bits per heavy atom. The van der Waals surface area contributed by atoms with Gasteiger partial charge in [-0.2, -0.15) is 0 Å². The minimum absolute atomic E-state index is 0.725. The van der Waals surface area contributed by atoms with Gasteiger partial charge in [-0.05, 0) is 25.7 Å². The van der Waals surface area contributed by atoms with E-state index in [1.54, 1.807) is 0 Å². The molecule has 2 rings (SSSR count). The van der Waals surface area contributed by atoms with Crippen LogP contribution < -0.4 is 5.43 Å². The molecule has 0 aromatic carbocycles. The van der Waals surface area contributed by atoms with Crippen LogP contribution >= 0.6 is 0 Å². The monoisotopic (exact) mass is 392 g/mol. The quantitative estimate of drug-likeness (QED) is 0.485. The molecule has 0 radical (unpaired) electrons. The number of nitrogens with one attached hydrogen (secondary N) is 1. The lowest BCUT2D eigenvalue weighted by Gasteiger charge is -2.35. The minimum atomic E-state index is 0.725. The number of hydrogen-bond acceptors (Lipinski definition) is 2. The Morgan fingerprint density at radius 3 is 1.18 bits per heavy atom. The van der Waals surface area contributed by atoms with Crippen LogP contribution in [0.4, 0.5) is 0 Å². The molecule has 28 heavy (non-hydrogen) atoms. The van der Waals surface area contributed by atoms with Gasteiger partial charge in [0.2, 0.25) is 0 Å². The lowest BCUT2D eigenvalue weighted by Crippen LogP contribution is -2.50. The van der Waals surface area contributed by atoms with Crippen molar-refractivity contribution < 1.29 is 0 Å². The second kappa shape index (κ2) is 16.7. The van der Waals surface area contributed by atoms with E-state index < -0.39 is 0 Å². The largest absolute Gasteiger partial charge is 0.252 e. The van der Waals surface area contributed by atoms with Gasteiger partial charge in [0.15, 0.2) is 0 Å². The molecule has 0 aromatic rings. The van der Waals surface area contributed by atoms with E-state index in [4.69, 9.17) is 0 Å². The first kappa shape index (κ1) is 24.2. The van der Waals surface area contributed by atoms with Gasteiger partial charge in [-0.3, -0.25) is 5.43 Å². The third kappa shape index (κ3) is 11.2. The highest BCUT2D eigenvalue weighted by Gasteiger charge is 2.20. The lowest BCUT2D eigenvalue weighted by molar-refractivity contribution is 0.0844. The molecule has 0 atom stereocenters. The molecule has 0 spiro atoms. The van der Waals surface area contributed by atoms with Crippen molar-refractivity contribution >= 4 is 0 Å². The summed E-state index contributed by atoms with van der Waals surface area (Å²) in [7, 11) is 0. The summed E-state index contributed by atoms with van der Waals surface area (Å²) in [4.78, 5) is 0. The molecule has 2 heteroatoms. The fourth-order valence-electron chi connectivity index (χ4n) is 5.44. The molecule has 0 unspecified atom stereocenters. The van der Waals surface area contributed by atoms with E-state index in [2.05, 4.69) is 17.4 Å². The van der Waals surface area contributed by atoms with Crippen molar-refractivity contribution in [2.45, 2.75) is 160 Å². The van der Waals surface area contributed by atoms with Crippen LogP contribution in [0.3, 0.4) is 0 Å². The van der Waals surface area contributed by atoms with Crippen molar-refractivity contribution in [3.8, 4) is 0 Å². The fourth-order valence-corrected chi connectivity index (χ4v) is 5.44. The van der Waals surface area contributed by atoms with Gasteiger partial charge in [-0.1, -0.05) is 122 Å². The summed E-state index contributed by atoms with van der Waals surface area (Å²) < 4.78 is 0. The van der Waals surface area contributed by atoms with Crippen LogP contribution in [0.2, 0.25) is 0 Å². The molecular formula is C26H52N2. The van der Waals surface area contributed by atoms with Gasteiger partial charge < -0.3 is 0 Å². The molecule has 0 aliphatic heterocycles. The summed E-state index contributed by atoms with van der Waals surface area (Å²) in [5.74, 6) is 0. The van der Waals surface area contributed by atoms with Crippen molar-refractivity contribution in [2.75, 3.05) is 6.54 Å². The van der Waals surface area contributed by atoms with Crippen LogP contribution in [0, 0.1) is 0 Å². The molecular weight excluding hydrogens is 340 g/mol. The Bertz CT molecular complexity index is 317. The van der Waals surface area contributed by atoms with E-state index in [-0.39, 0.29) is 0 Å². The number of hydrogen-bond donors (Lipinski definition) is 1. The van der Waals surface area contributed by atoms with Crippen molar-refractivity contribution in [3.63, 3.8) is 0 Å². The molecule has 2 aliphatic rings. The summed E-state index contributed by atoms with van der Waals surface area (Å²) in [6.45, 7) is 3.54. The van der Waals surface area contributed by atoms with Crippen LogP contribution in [-0.4, -0.2) is 23.6 Å². The third-order valence-corrected chi connectivity index (χ3v) is 7.31. The Kier molecular flexibility index (Phi) is 14.4. The lowest BCUT2D eigenvalue weighted by atomic mass is 10.00. The molecule has 0 heterocycles. The Labute approximate surface area is 177 Å². The van der Waals surface area contributed by atoms with Gasteiger partial charge >= 0.3 is 0 Å². The second-order valence-corrected chi connectivity index (χ2v) is 9.78. The van der Waals surface area contributed by atoms with Crippen molar-refractivity contribution in [3.05, 3.63) is 0 Å². The Balaban J connectivity index is 1.85. The highest BCUT2D eigenvalue weighted by molar-refractivity contribution is 4.74. The number of rotatable bonds is 4. The average Bonchev–Trinajstić information content (AvgIpc) is 2.74. The van der Waals surface area contributed by atoms with Gasteiger partial charge in [0, 0.05) is 18.6 Å². The van der Waals surface area contributed by atoms with Crippen LogP contribution in [0.25, 0.3) is 0 Å². The Hall–Kier alpha value is -0.0800. The predicted octanol–water partition coefficient (Wildman–Crippen LogP) is 8.16. The van der Waals surface area contributed by atoms with Crippen LogP contribution in [0.5, 0.6) is 0 Å². The topological polar surface area (TPSA) is 15.3 Å². The minimum Gasteiger partial charge on any atom is -0.252 e. The smallest absolute Gasteiger partial charge is 0.0243 e. The van der Waals surface area contributed by atoms with Crippen LogP contribution in [0.15, 0.2) is 0 Å². The Morgan fingerprint density at radius 2 is 0.821 bits per heavy atom. The summed E-state index contributed by atoms with van der Waals surface area (Å²) in [5.41, 5.74) is 4.07. The van der Waals surface area contributed by atoms with E-state index in [9.17, 15) is 0 Å². The maximum Gasteiger partial charge on any atom is 0.0243 e. The first-order valence-electron chi connectivity index (χ1n) is 13.4. The maximum absolute atomic E-state index is 4.07. The van der Waals surface area contributed by atoms with Crippen LogP contribution in [0.1, 0.15) is 148 Å². The highest BCUT2D eigenvalue weighted by Crippen LogP contribution is 2.22. The molecule has 2 aliphatic carbocycles. The standard InChI is InChI=1S/C26H52N2/c1-2-28(27-25-21-17-13-9-7-8-10-14-18-22-25)26-23-19-15-11-5-3-4-6-12-16-20-24-26/h25-27H,2-24H2,1H3. The van der Waals surface area contributed by atoms with E-state index in [0.29, 0.717) is 0 Å². The molecule has 0 bridgehead atoms. The van der Waals surface area contributed by atoms with E-state index in [1.165, 1.54) is 148 Å². The fraction of sp³-hybridized carbons (Fsp3) is 1.00. The van der Waals surface area contributed by atoms with E-state index in [1.807, 2.05) is 0 Å². The SMILES string of the molecule is CCN(NC1CCCCCCCCCC1)C1CCCCCCCCCCCC1. The summed E-state index contributed by atoms with van der Waals surface area (Å²) in [6.07, 6.45) is 31.9. The van der Waals surface area contributed by atoms with Crippen molar-refractivity contribution in [2.24, 2.45) is 0 Å². The summed E-state index contributed by atoms with van der Waals surface area (Å²) in [6, 6.07) is 1.49. The molecule has 2 fully saturated rings. The molecule has 2 nitrogen and oxygen atoms in total. The molecule has 2 saturated carbocycles. The first-order valence-corrected chi connectivity index (χ1v) is 13.4. The molecule has 0 amide bonds. The molecule has 1 N–H and O–H groups in total. The summed E-state index contributed by atoms with van der Waals surface area (Å²) in [5, 5.41) is 2.68. The van der Waals surface area contributed by atoms with Crippen molar-refractivity contribution in [1.82, 2.24) is 10.4 Å². The van der Waals surface area contributed by atoms with Gasteiger partial charge in [-0.25, -0.2) is 5.01 Å². The zero-order valence-corrected chi connectivity index (χ0v) is 19.4. The van der Waals surface area contributed by atoms with Crippen LogP contribution in [-0.2, 0) is 0 Å². The average molecular weight is 393 g/mol. The van der Waals surface area contributed by atoms with E-state index in [0.717, 1.165) is 12.1 Å². The van der Waals surface area contributed by atoms with Gasteiger partial charge in [0.05, 0.1) is 0 Å². The van der Waals surface area contributed by atoms with Gasteiger partial charge in [0.25, 0.3) is 0 Å². The number of nitrogens with zero attached hydrogens (tertiary/aromatic N) is 1. The second-order valence-electron chi connectivity index (χ2n) is 9.78. The molecule has 0 saturated heterocycles.